The average molecular weight is 292 g/mol. The minimum atomic E-state index is -0.0896. The lowest BCUT2D eigenvalue weighted by molar-refractivity contribution is -0.00269. The Balaban J connectivity index is 1.90. The third-order valence-corrected chi connectivity index (χ3v) is 3.81. The van der Waals surface area contributed by atoms with E-state index in [-0.39, 0.29) is 11.9 Å². The number of nitriles is 1. The van der Waals surface area contributed by atoms with Gasteiger partial charge < -0.3 is 9.64 Å². The summed E-state index contributed by atoms with van der Waals surface area (Å²) in [6, 6.07) is 18.7. The molecule has 2 aromatic rings. The molecule has 1 aliphatic rings. The summed E-state index contributed by atoms with van der Waals surface area (Å²) in [6.45, 7) is 1.58. The van der Waals surface area contributed by atoms with Crippen LogP contribution >= 0.6 is 0 Å². The van der Waals surface area contributed by atoms with Crippen molar-refractivity contribution in [2.75, 3.05) is 19.8 Å². The van der Waals surface area contributed by atoms with Crippen molar-refractivity contribution in [2.24, 2.45) is 0 Å². The van der Waals surface area contributed by atoms with Crippen molar-refractivity contribution in [3.8, 4) is 6.07 Å². The second kappa shape index (κ2) is 6.42. The lowest BCUT2D eigenvalue weighted by Gasteiger charge is -2.36. The summed E-state index contributed by atoms with van der Waals surface area (Å²) in [5.41, 5.74) is 2.10. The molecule has 0 radical (unpaired) electrons. The standard InChI is InChI=1S/C18H16N2O2/c19-12-14-5-4-8-16(11-14)18(21)20-9-10-22-13-17(20)15-6-2-1-3-7-15/h1-8,11,17H,9-10,13H2. The van der Waals surface area contributed by atoms with Crippen molar-refractivity contribution < 1.29 is 9.53 Å². The highest BCUT2D eigenvalue weighted by Gasteiger charge is 2.29. The highest BCUT2D eigenvalue weighted by Crippen LogP contribution is 2.26. The third kappa shape index (κ3) is 2.85. The van der Waals surface area contributed by atoms with Crippen LogP contribution in [0.25, 0.3) is 0 Å². The van der Waals surface area contributed by atoms with Crippen LogP contribution < -0.4 is 0 Å². The van der Waals surface area contributed by atoms with Crippen molar-refractivity contribution in [3.63, 3.8) is 0 Å². The number of hydrogen-bond donors (Lipinski definition) is 0. The summed E-state index contributed by atoms with van der Waals surface area (Å²) in [4.78, 5) is 14.6. The first-order valence-electron chi connectivity index (χ1n) is 7.23. The van der Waals surface area contributed by atoms with Gasteiger partial charge in [0, 0.05) is 12.1 Å². The van der Waals surface area contributed by atoms with Crippen molar-refractivity contribution in [3.05, 3.63) is 71.3 Å². The van der Waals surface area contributed by atoms with Crippen molar-refractivity contribution >= 4 is 5.91 Å². The zero-order chi connectivity index (χ0) is 15.4. The molecule has 0 aliphatic carbocycles. The Morgan fingerprint density at radius 1 is 1.18 bits per heavy atom. The SMILES string of the molecule is N#Cc1cccc(C(=O)N2CCOCC2c2ccccc2)c1. The van der Waals surface area contributed by atoms with E-state index in [0.29, 0.717) is 30.9 Å². The molecule has 0 N–H and O–H groups in total. The van der Waals surface area contributed by atoms with Crippen LogP contribution in [0.2, 0.25) is 0 Å². The van der Waals surface area contributed by atoms with Crippen LogP contribution in [0.3, 0.4) is 0 Å². The smallest absolute Gasteiger partial charge is 0.254 e. The van der Waals surface area contributed by atoms with E-state index in [9.17, 15) is 4.79 Å². The summed E-state index contributed by atoms with van der Waals surface area (Å²) in [7, 11) is 0. The number of carbonyl (C=O) groups excluding carboxylic acids is 1. The number of ether oxygens (including phenoxy) is 1. The molecule has 110 valence electrons. The lowest BCUT2D eigenvalue weighted by Crippen LogP contribution is -2.43. The summed E-state index contributed by atoms with van der Waals surface area (Å²) < 4.78 is 5.55. The van der Waals surface area contributed by atoms with Crippen LogP contribution in [0, 0.1) is 11.3 Å². The number of carbonyl (C=O) groups is 1. The summed E-state index contributed by atoms with van der Waals surface area (Å²) >= 11 is 0. The maximum atomic E-state index is 12.8. The molecular formula is C18H16N2O2. The molecule has 1 unspecified atom stereocenters. The maximum absolute atomic E-state index is 12.8. The molecule has 1 aliphatic heterocycles. The highest BCUT2D eigenvalue weighted by atomic mass is 16.5. The number of benzene rings is 2. The number of rotatable bonds is 2. The molecule has 1 heterocycles. The fourth-order valence-corrected chi connectivity index (χ4v) is 2.69. The Bertz CT molecular complexity index is 707. The van der Waals surface area contributed by atoms with Gasteiger partial charge in [-0.3, -0.25) is 4.79 Å². The molecule has 0 spiro atoms. The summed E-state index contributed by atoms with van der Waals surface area (Å²) in [6.07, 6.45) is 0. The van der Waals surface area contributed by atoms with Gasteiger partial charge in [-0.2, -0.15) is 5.26 Å². The second-order valence-corrected chi connectivity index (χ2v) is 5.19. The average Bonchev–Trinajstić information content (AvgIpc) is 2.62. The number of nitrogens with zero attached hydrogens (tertiary/aromatic N) is 2. The van der Waals surface area contributed by atoms with Crippen LogP contribution in [0.4, 0.5) is 0 Å². The monoisotopic (exact) mass is 292 g/mol. The molecule has 22 heavy (non-hydrogen) atoms. The van der Waals surface area contributed by atoms with Crippen LogP contribution in [0.5, 0.6) is 0 Å². The Kier molecular flexibility index (Phi) is 4.17. The minimum Gasteiger partial charge on any atom is -0.377 e. The largest absolute Gasteiger partial charge is 0.377 e. The summed E-state index contributed by atoms with van der Waals surface area (Å²) in [5.74, 6) is -0.0609. The summed E-state index contributed by atoms with van der Waals surface area (Å²) in [5, 5.41) is 8.99. The number of hydrogen-bond acceptors (Lipinski definition) is 3. The van der Waals surface area contributed by atoms with Crippen molar-refractivity contribution in [1.29, 1.82) is 5.26 Å². The van der Waals surface area contributed by atoms with E-state index in [4.69, 9.17) is 10.00 Å². The number of morpholine rings is 1. The van der Waals surface area contributed by atoms with E-state index in [1.165, 1.54) is 0 Å². The Labute approximate surface area is 129 Å². The first kappa shape index (κ1) is 14.3. The van der Waals surface area contributed by atoms with E-state index in [1.807, 2.05) is 35.2 Å². The lowest BCUT2D eigenvalue weighted by atomic mass is 10.0. The second-order valence-electron chi connectivity index (χ2n) is 5.19. The van der Waals surface area contributed by atoms with Crippen LogP contribution in [0.1, 0.15) is 27.5 Å². The van der Waals surface area contributed by atoms with Gasteiger partial charge in [0.05, 0.1) is 30.9 Å². The first-order valence-corrected chi connectivity index (χ1v) is 7.23. The normalized spacial score (nSPS) is 17.8. The molecule has 0 bridgehead atoms. The Morgan fingerprint density at radius 3 is 2.77 bits per heavy atom. The molecule has 4 nitrogen and oxygen atoms in total. The van der Waals surface area contributed by atoms with E-state index in [2.05, 4.69) is 6.07 Å². The van der Waals surface area contributed by atoms with E-state index >= 15 is 0 Å². The van der Waals surface area contributed by atoms with Gasteiger partial charge in [0.2, 0.25) is 0 Å². The Morgan fingerprint density at radius 2 is 2.00 bits per heavy atom. The van der Waals surface area contributed by atoms with Crippen molar-refractivity contribution in [2.45, 2.75) is 6.04 Å². The van der Waals surface area contributed by atoms with E-state index in [1.54, 1.807) is 24.3 Å². The highest BCUT2D eigenvalue weighted by molar-refractivity contribution is 5.95. The quantitative estimate of drug-likeness (QED) is 0.855. The van der Waals surface area contributed by atoms with Crippen LogP contribution in [-0.4, -0.2) is 30.6 Å². The third-order valence-electron chi connectivity index (χ3n) is 3.81. The molecule has 0 aromatic heterocycles. The Hall–Kier alpha value is -2.64. The minimum absolute atomic E-state index is 0.0609. The first-order chi connectivity index (χ1) is 10.8. The molecule has 4 heteroatoms. The fourth-order valence-electron chi connectivity index (χ4n) is 2.69. The molecule has 1 fully saturated rings. The molecule has 3 rings (SSSR count). The van der Waals surface area contributed by atoms with E-state index < -0.39 is 0 Å². The molecule has 2 aromatic carbocycles. The maximum Gasteiger partial charge on any atom is 0.254 e. The van der Waals surface area contributed by atoms with Crippen LogP contribution in [0.15, 0.2) is 54.6 Å². The van der Waals surface area contributed by atoms with Crippen molar-refractivity contribution in [1.82, 2.24) is 4.90 Å². The zero-order valence-corrected chi connectivity index (χ0v) is 12.1. The van der Waals surface area contributed by atoms with Gasteiger partial charge in [0.1, 0.15) is 0 Å². The van der Waals surface area contributed by atoms with Gasteiger partial charge in [-0.25, -0.2) is 0 Å². The van der Waals surface area contributed by atoms with Gasteiger partial charge in [0.25, 0.3) is 5.91 Å². The van der Waals surface area contributed by atoms with Gasteiger partial charge in [-0.1, -0.05) is 36.4 Å². The van der Waals surface area contributed by atoms with Gasteiger partial charge >= 0.3 is 0 Å². The van der Waals surface area contributed by atoms with Gasteiger partial charge in [-0.05, 0) is 23.8 Å². The topological polar surface area (TPSA) is 53.3 Å². The molecular weight excluding hydrogens is 276 g/mol. The number of amides is 1. The van der Waals surface area contributed by atoms with Gasteiger partial charge in [-0.15, -0.1) is 0 Å². The van der Waals surface area contributed by atoms with Gasteiger partial charge in [0.15, 0.2) is 0 Å². The molecule has 0 saturated carbocycles. The molecule has 1 amide bonds. The van der Waals surface area contributed by atoms with E-state index in [0.717, 1.165) is 5.56 Å². The molecule has 1 saturated heterocycles. The molecule has 1 atom stereocenters. The fraction of sp³-hybridized carbons (Fsp3) is 0.222. The van der Waals surface area contributed by atoms with Crippen LogP contribution in [-0.2, 0) is 4.74 Å². The zero-order valence-electron chi connectivity index (χ0n) is 12.1. The predicted octanol–water partition coefficient (Wildman–Crippen LogP) is 2.77. The predicted molar refractivity (Wildman–Crippen MR) is 82.2 cm³/mol.